The maximum absolute atomic E-state index is 12.1. The third kappa shape index (κ3) is 7.32. The van der Waals surface area contributed by atoms with E-state index in [1.807, 2.05) is 11.8 Å². The van der Waals surface area contributed by atoms with E-state index >= 15 is 0 Å². The minimum Gasteiger partial charge on any atom is -0.355 e. The SMILES string of the molecule is CN=C(NCCNS(=O)(=O)c1ccccc1)NCC1(C)CCCS1.I. The maximum Gasteiger partial charge on any atom is 0.240 e. The Balaban J connectivity index is 0.00000312. The molecule has 0 radical (unpaired) electrons. The van der Waals surface area contributed by atoms with E-state index in [0.717, 1.165) is 6.54 Å². The predicted molar refractivity (Wildman–Crippen MR) is 117 cm³/mol. The van der Waals surface area contributed by atoms with E-state index < -0.39 is 10.0 Å². The van der Waals surface area contributed by atoms with Crippen molar-refractivity contribution in [3.8, 4) is 0 Å². The number of aliphatic imine (C=N–C) groups is 1. The predicted octanol–water partition coefficient (Wildman–Crippen LogP) is 2.03. The summed E-state index contributed by atoms with van der Waals surface area (Å²) in [5.74, 6) is 1.91. The van der Waals surface area contributed by atoms with Gasteiger partial charge in [0.2, 0.25) is 10.0 Å². The molecule has 142 valence electrons. The van der Waals surface area contributed by atoms with Crippen LogP contribution in [0.25, 0.3) is 0 Å². The van der Waals surface area contributed by atoms with Gasteiger partial charge in [0.1, 0.15) is 0 Å². The van der Waals surface area contributed by atoms with Gasteiger partial charge in [0.15, 0.2) is 5.96 Å². The fraction of sp³-hybridized carbons (Fsp3) is 0.562. The Morgan fingerprint density at radius 3 is 2.56 bits per heavy atom. The van der Waals surface area contributed by atoms with Crippen molar-refractivity contribution in [1.82, 2.24) is 15.4 Å². The van der Waals surface area contributed by atoms with Crippen LogP contribution in [0.2, 0.25) is 0 Å². The molecule has 1 aromatic carbocycles. The van der Waals surface area contributed by atoms with Crippen LogP contribution in [0.1, 0.15) is 19.8 Å². The van der Waals surface area contributed by atoms with Crippen molar-refractivity contribution >= 4 is 51.7 Å². The highest BCUT2D eigenvalue weighted by Gasteiger charge is 2.29. The largest absolute Gasteiger partial charge is 0.355 e. The fourth-order valence-electron chi connectivity index (χ4n) is 2.52. The first kappa shape index (κ1) is 22.5. The zero-order valence-electron chi connectivity index (χ0n) is 14.6. The van der Waals surface area contributed by atoms with Gasteiger partial charge in [0.25, 0.3) is 0 Å². The fourth-order valence-corrected chi connectivity index (χ4v) is 4.81. The van der Waals surface area contributed by atoms with Crippen molar-refractivity contribution in [2.75, 3.05) is 32.4 Å². The summed E-state index contributed by atoms with van der Waals surface area (Å²) in [5, 5.41) is 6.46. The molecule has 0 aliphatic carbocycles. The number of nitrogens with one attached hydrogen (secondary N) is 3. The molecule has 1 atom stereocenters. The molecule has 1 aromatic rings. The lowest BCUT2D eigenvalue weighted by Crippen LogP contribution is -2.45. The molecule has 1 aliphatic heterocycles. The molecule has 1 saturated heterocycles. The van der Waals surface area contributed by atoms with Crippen molar-refractivity contribution < 1.29 is 8.42 Å². The number of guanidine groups is 1. The second-order valence-electron chi connectivity index (χ2n) is 5.97. The lowest BCUT2D eigenvalue weighted by molar-refractivity contribution is 0.577. The van der Waals surface area contributed by atoms with Gasteiger partial charge >= 0.3 is 0 Å². The van der Waals surface area contributed by atoms with Crippen molar-refractivity contribution in [3.63, 3.8) is 0 Å². The molecule has 0 saturated carbocycles. The Kier molecular flexibility index (Phi) is 9.54. The van der Waals surface area contributed by atoms with Crippen LogP contribution in [-0.4, -0.2) is 51.6 Å². The monoisotopic (exact) mass is 498 g/mol. The maximum atomic E-state index is 12.1. The first-order chi connectivity index (χ1) is 11.5. The topological polar surface area (TPSA) is 82.6 Å². The molecule has 1 unspecified atom stereocenters. The van der Waals surface area contributed by atoms with Crippen LogP contribution in [0.3, 0.4) is 0 Å². The number of halogens is 1. The van der Waals surface area contributed by atoms with E-state index in [1.165, 1.54) is 18.6 Å². The van der Waals surface area contributed by atoms with Gasteiger partial charge < -0.3 is 10.6 Å². The first-order valence-corrected chi connectivity index (χ1v) is 10.6. The zero-order valence-corrected chi connectivity index (χ0v) is 18.6. The highest BCUT2D eigenvalue weighted by molar-refractivity contribution is 14.0. The van der Waals surface area contributed by atoms with Crippen LogP contribution in [-0.2, 0) is 10.0 Å². The van der Waals surface area contributed by atoms with E-state index in [4.69, 9.17) is 0 Å². The molecule has 0 amide bonds. The van der Waals surface area contributed by atoms with Gasteiger partial charge in [-0.05, 0) is 37.7 Å². The quantitative estimate of drug-likeness (QED) is 0.232. The van der Waals surface area contributed by atoms with Crippen LogP contribution in [0, 0.1) is 0 Å². The minimum atomic E-state index is -3.45. The highest BCUT2D eigenvalue weighted by Crippen LogP contribution is 2.36. The molecule has 2 rings (SSSR count). The Hall–Kier alpha value is -0.520. The lowest BCUT2D eigenvalue weighted by Gasteiger charge is -2.24. The summed E-state index contributed by atoms with van der Waals surface area (Å²) in [6.07, 6.45) is 2.47. The second-order valence-corrected chi connectivity index (χ2v) is 9.41. The Morgan fingerprint density at radius 1 is 1.24 bits per heavy atom. The minimum absolute atomic E-state index is 0. The van der Waals surface area contributed by atoms with E-state index in [1.54, 1.807) is 37.4 Å². The molecule has 0 bridgehead atoms. The van der Waals surface area contributed by atoms with Gasteiger partial charge in [-0.1, -0.05) is 18.2 Å². The van der Waals surface area contributed by atoms with Gasteiger partial charge in [-0.2, -0.15) is 11.8 Å². The molecule has 3 N–H and O–H groups in total. The molecule has 0 aromatic heterocycles. The van der Waals surface area contributed by atoms with Crippen LogP contribution in [0.5, 0.6) is 0 Å². The molecular formula is C16H27IN4O2S2. The zero-order chi connectivity index (χ0) is 17.5. The summed E-state index contributed by atoms with van der Waals surface area (Å²) >= 11 is 1.99. The van der Waals surface area contributed by atoms with Gasteiger partial charge in [-0.15, -0.1) is 24.0 Å². The standard InChI is InChI=1S/C16H26N4O2S2.HI/c1-16(9-6-12-23-16)13-19-15(17-2)18-10-11-20-24(21,22)14-7-4-3-5-8-14;/h3-5,7-8,20H,6,9-13H2,1-2H3,(H2,17,18,19);1H. The molecule has 6 nitrogen and oxygen atoms in total. The number of hydrogen-bond acceptors (Lipinski definition) is 4. The van der Waals surface area contributed by atoms with E-state index in [2.05, 4.69) is 27.3 Å². The molecular weight excluding hydrogens is 471 g/mol. The summed E-state index contributed by atoms with van der Waals surface area (Å²) < 4.78 is 27.0. The molecule has 1 aliphatic rings. The van der Waals surface area contributed by atoms with E-state index in [-0.39, 0.29) is 33.6 Å². The Bertz CT molecular complexity index is 647. The van der Waals surface area contributed by atoms with Crippen LogP contribution in [0.15, 0.2) is 40.2 Å². The van der Waals surface area contributed by atoms with Crippen molar-refractivity contribution in [2.24, 2.45) is 4.99 Å². The number of rotatable bonds is 7. The third-order valence-corrected chi connectivity index (χ3v) is 6.93. The van der Waals surface area contributed by atoms with Gasteiger partial charge in [-0.25, -0.2) is 13.1 Å². The van der Waals surface area contributed by atoms with Crippen LogP contribution < -0.4 is 15.4 Å². The number of sulfonamides is 1. The van der Waals surface area contributed by atoms with Crippen LogP contribution in [0.4, 0.5) is 0 Å². The summed E-state index contributed by atoms with van der Waals surface area (Å²) in [7, 11) is -1.74. The van der Waals surface area contributed by atoms with Crippen molar-refractivity contribution in [1.29, 1.82) is 0 Å². The lowest BCUT2D eigenvalue weighted by atomic mass is 10.1. The number of benzene rings is 1. The van der Waals surface area contributed by atoms with Gasteiger partial charge in [0.05, 0.1) is 4.90 Å². The molecule has 1 fully saturated rings. The molecule has 25 heavy (non-hydrogen) atoms. The second kappa shape index (κ2) is 10.6. The molecule has 9 heteroatoms. The van der Waals surface area contributed by atoms with Gasteiger partial charge in [-0.3, -0.25) is 4.99 Å². The summed E-state index contributed by atoms with van der Waals surface area (Å²) in [5.41, 5.74) is 0. The molecule has 0 spiro atoms. The normalized spacial score (nSPS) is 20.8. The summed E-state index contributed by atoms with van der Waals surface area (Å²) in [6.45, 7) is 3.88. The number of hydrogen-bond donors (Lipinski definition) is 3. The number of nitrogens with zero attached hydrogens (tertiary/aromatic N) is 1. The average molecular weight is 498 g/mol. The number of thioether (sulfide) groups is 1. The average Bonchev–Trinajstić information content (AvgIpc) is 3.02. The summed E-state index contributed by atoms with van der Waals surface area (Å²) in [4.78, 5) is 4.46. The van der Waals surface area contributed by atoms with Crippen molar-refractivity contribution in [2.45, 2.75) is 29.4 Å². The third-order valence-electron chi connectivity index (χ3n) is 3.92. The Labute approximate surface area is 172 Å². The summed E-state index contributed by atoms with van der Waals surface area (Å²) in [6, 6.07) is 8.37. The smallest absolute Gasteiger partial charge is 0.240 e. The van der Waals surface area contributed by atoms with Gasteiger partial charge in [0, 0.05) is 31.4 Å². The van der Waals surface area contributed by atoms with Crippen LogP contribution >= 0.6 is 35.7 Å². The van der Waals surface area contributed by atoms with E-state index in [0.29, 0.717) is 19.0 Å². The first-order valence-electron chi connectivity index (χ1n) is 8.08. The van der Waals surface area contributed by atoms with E-state index in [9.17, 15) is 8.42 Å². The molecule has 1 heterocycles. The Morgan fingerprint density at radius 2 is 1.96 bits per heavy atom. The van der Waals surface area contributed by atoms with Crippen molar-refractivity contribution in [3.05, 3.63) is 30.3 Å². The highest BCUT2D eigenvalue weighted by atomic mass is 127.